The lowest BCUT2D eigenvalue weighted by molar-refractivity contribution is -0.150. The molecule has 0 bridgehead atoms. The van der Waals surface area contributed by atoms with E-state index in [0.717, 1.165) is 10.5 Å². The summed E-state index contributed by atoms with van der Waals surface area (Å²) in [5.41, 5.74) is 1.85. The van der Waals surface area contributed by atoms with Crippen LogP contribution >= 0.6 is 0 Å². The second-order valence-electron chi connectivity index (χ2n) is 7.09. The molecule has 0 saturated carbocycles. The van der Waals surface area contributed by atoms with E-state index in [-0.39, 0.29) is 12.5 Å². The Morgan fingerprint density at radius 1 is 1.04 bits per heavy atom. The Morgan fingerprint density at radius 2 is 1.61 bits per heavy atom. The maximum Gasteiger partial charge on any atom is 0.329 e. The Bertz CT molecular complexity index is 922. The predicted octanol–water partition coefficient (Wildman–Crippen LogP) is 3.31. The van der Waals surface area contributed by atoms with Crippen molar-refractivity contribution in [3.8, 4) is 6.07 Å². The van der Waals surface area contributed by atoms with Gasteiger partial charge in [-0.2, -0.15) is 5.26 Å². The van der Waals surface area contributed by atoms with Gasteiger partial charge >= 0.3 is 5.97 Å². The third-order valence-corrected chi connectivity index (χ3v) is 4.57. The highest BCUT2D eigenvalue weighted by Crippen LogP contribution is 2.27. The number of esters is 1. The summed E-state index contributed by atoms with van der Waals surface area (Å²) in [5.74, 6) is -1.48. The van der Waals surface area contributed by atoms with E-state index in [1.54, 1.807) is 48.5 Å². The number of fused-ring (bicyclic) bond motifs is 1. The molecule has 1 atom stereocenters. The second-order valence-corrected chi connectivity index (χ2v) is 7.09. The van der Waals surface area contributed by atoms with Crippen LogP contribution in [0.3, 0.4) is 0 Å². The van der Waals surface area contributed by atoms with Crippen molar-refractivity contribution in [1.29, 1.82) is 5.26 Å². The molecule has 2 aromatic carbocycles. The van der Waals surface area contributed by atoms with Crippen molar-refractivity contribution in [2.45, 2.75) is 32.9 Å². The fraction of sp³-hybridized carbons (Fsp3) is 0.273. The van der Waals surface area contributed by atoms with Crippen molar-refractivity contribution in [3.05, 3.63) is 70.8 Å². The van der Waals surface area contributed by atoms with Crippen molar-refractivity contribution < 1.29 is 19.1 Å². The first kappa shape index (κ1) is 19.3. The molecule has 1 aliphatic heterocycles. The Hall–Kier alpha value is -3.46. The van der Waals surface area contributed by atoms with Crippen LogP contribution in [0.4, 0.5) is 0 Å². The SMILES string of the molecule is CC(C)C[C@H](C(=O)OCc1ccc(C#N)cc1)N1C(=O)c2ccccc2C1=O. The quantitative estimate of drug-likeness (QED) is 0.570. The van der Waals surface area contributed by atoms with E-state index in [0.29, 0.717) is 23.1 Å². The molecular weight excluding hydrogens is 356 g/mol. The minimum absolute atomic E-state index is 0.00229. The molecule has 3 rings (SSSR count). The van der Waals surface area contributed by atoms with E-state index < -0.39 is 23.8 Å². The lowest BCUT2D eigenvalue weighted by atomic mass is 10.0. The molecule has 28 heavy (non-hydrogen) atoms. The van der Waals surface area contributed by atoms with Gasteiger partial charge in [0.05, 0.1) is 22.8 Å². The highest BCUT2D eigenvalue weighted by molar-refractivity contribution is 6.22. The summed E-state index contributed by atoms with van der Waals surface area (Å²) in [6.45, 7) is 3.83. The number of rotatable bonds is 6. The highest BCUT2D eigenvalue weighted by atomic mass is 16.5. The third-order valence-electron chi connectivity index (χ3n) is 4.57. The normalized spacial score (nSPS) is 14.0. The summed E-state index contributed by atoms with van der Waals surface area (Å²) in [5, 5.41) is 8.84. The number of imide groups is 1. The van der Waals surface area contributed by atoms with Crippen molar-refractivity contribution in [3.63, 3.8) is 0 Å². The first-order chi connectivity index (χ1) is 13.4. The zero-order valence-electron chi connectivity index (χ0n) is 15.7. The van der Waals surface area contributed by atoms with Gasteiger partial charge in [-0.25, -0.2) is 4.79 Å². The van der Waals surface area contributed by atoms with Crippen LogP contribution in [0.25, 0.3) is 0 Å². The van der Waals surface area contributed by atoms with Gasteiger partial charge in [-0.3, -0.25) is 14.5 Å². The zero-order chi connectivity index (χ0) is 20.3. The number of carbonyl (C=O) groups is 3. The topological polar surface area (TPSA) is 87.5 Å². The molecule has 0 N–H and O–H groups in total. The number of hydrogen-bond donors (Lipinski definition) is 0. The van der Waals surface area contributed by atoms with E-state index in [1.807, 2.05) is 19.9 Å². The molecule has 0 aliphatic carbocycles. The van der Waals surface area contributed by atoms with Crippen LogP contribution in [0.2, 0.25) is 0 Å². The summed E-state index contributed by atoms with van der Waals surface area (Å²) in [7, 11) is 0. The van der Waals surface area contributed by atoms with Gasteiger partial charge in [0.15, 0.2) is 0 Å². The number of ether oxygens (including phenoxy) is 1. The molecule has 6 nitrogen and oxygen atoms in total. The van der Waals surface area contributed by atoms with Crippen LogP contribution < -0.4 is 0 Å². The molecule has 2 aromatic rings. The van der Waals surface area contributed by atoms with Gasteiger partial charge in [-0.05, 0) is 42.2 Å². The predicted molar refractivity (Wildman–Crippen MR) is 101 cm³/mol. The third kappa shape index (κ3) is 3.79. The molecule has 0 aromatic heterocycles. The monoisotopic (exact) mass is 376 g/mol. The van der Waals surface area contributed by atoms with Crippen LogP contribution in [0, 0.1) is 17.2 Å². The first-order valence-electron chi connectivity index (χ1n) is 9.05. The van der Waals surface area contributed by atoms with E-state index >= 15 is 0 Å². The number of nitrogens with zero attached hydrogens (tertiary/aromatic N) is 2. The average Bonchev–Trinajstić information content (AvgIpc) is 2.95. The van der Waals surface area contributed by atoms with Crippen LogP contribution in [0.15, 0.2) is 48.5 Å². The van der Waals surface area contributed by atoms with Crippen molar-refractivity contribution >= 4 is 17.8 Å². The van der Waals surface area contributed by atoms with Crippen molar-refractivity contribution in [2.24, 2.45) is 5.92 Å². The number of hydrogen-bond acceptors (Lipinski definition) is 5. The van der Waals surface area contributed by atoms with Gasteiger partial charge < -0.3 is 4.74 Å². The van der Waals surface area contributed by atoms with E-state index in [1.165, 1.54) is 0 Å². The number of amides is 2. The van der Waals surface area contributed by atoms with E-state index in [4.69, 9.17) is 10.00 Å². The van der Waals surface area contributed by atoms with Crippen LogP contribution in [-0.4, -0.2) is 28.7 Å². The Morgan fingerprint density at radius 3 is 2.11 bits per heavy atom. The minimum atomic E-state index is -0.981. The largest absolute Gasteiger partial charge is 0.459 e. The lowest BCUT2D eigenvalue weighted by Crippen LogP contribution is -2.46. The summed E-state index contributed by atoms with van der Waals surface area (Å²) < 4.78 is 5.40. The molecule has 0 fully saturated rings. The molecule has 0 saturated heterocycles. The van der Waals surface area contributed by atoms with Gasteiger partial charge in [0.1, 0.15) is 12.6 Å². The van der Waals surface area contributed by atoms with Crippen LogP contribution in [0.1, 0.15) is 52.1 Å². The molecule has 0 spiro atoms. The second kappa shape index (κ2) is 8.05. The molecule has 142 valence electrons. The Kier molecular flexibility index (Phi) is 5.55. The van der Waals surface area contributed by atoms with E-state index in [9.17, 15) is 14.4 Å². The Labute approximate surface area is 163 Å². The summed E-state index contributed by atoms with van der Waals surface area (Å²) in [6, 6.07) is 14.3. The fourth-order valence-corrected chi connectivity index (χ4v) is 3.17. The fourth-order valence-electron chi connectivity index (χ4n) is 3.17. The number of benzene rings is 2. The highest BCUT2D eigenvalue weighted by Gasteiger charge is 2.43. The van der Waals surface area contributed by atoms with Crippen LogP contribution in [-0.2, 0) is 16.1 Å². The zero-order valence-corrected chi connectivity index (χ0v) is 15.7. The van der Waals surface area contributed by atoms with E-state index in [2.05, 4.69) is 0 Å². The molecule has 2 amide bonds. The van der Waals surface area contributed by atoms with Gasteiger partial charge in [0.2, 0.25) is 0 Å². The van der Waals surface area contributed by atoms with Crippen LogP contribution in [0.5, 0.6) is 0 Å². The smallest absolute Gasteiger partial charge is 0.329 e. The standard InChI is InChI=1S/C22H20N2O4/c1-14(2)11-19(22(27)28-13-16-9-7-15(12-23)8-10-16)24-20(25)17-5-3-4-6-18(17)21(24)26/h3-10,14,19H,11,13H2,1-2H3/t19-/m1/s1. The lowest BCUT2D eigenvalue weighted by Gasteiger charge is -2.26. The van der Waals surface area contributed by atoms with Gasteiger partial charge in [0, 0.05) is 0 Å². The molecule has 1 aliphatic rings. The summed E-state index contributed by atoms with van der Waals surface area (Å²) in [4.78, 5) is 39.3. The molecule has 1 heterocycles. The molecular formula is C22H20N2O4. The van der Waals surface area contributed by atoms with Crippen molar-refractivity contribution in [1.82, 2.24) is 4.90 Å². The maximum absolute atomic E-state index is 12.8. The first-order valence-corrected chi connectivity index (χ1v) is 9.05. The number of nitriles is 1. The summed E-state index contributed by atoms with van der Waals surface area (Å²) in [6.07, 6.45) is 0.317. The minimum Gasteiger partial charge on any atom is -0.459 e. The Balaban J connectivity index is 1.78. The average molecular weight is 376 g/mol. The van der Waals surface area contributed by atoms with Gasteiger partial charge in [0.25, 0.3) is 11.8 Å². The molecule has 0 radical (unpaired) electrons. The molecule has 0 unspecified atom stereocenters. The summed E-state index contributed by atoms with van der Waals surface area (Å²) >= 11 is 0. The maximum atomic E-state index is 12.8. The van der Waals surface area contributed by atoms with Gasteiger partial charge in [-0.15, -0.1) is 0 Å². The molecule has 6 heteroatoms. The number of carbonyl (C=O) groups excluding carboxylic acids is 3. The van der Waals surface area contributed by atoms with Gasteiger partial charge in [-0.1, -0.05) is 38.1 Å². The van der Waals surface area contributed by atoms with Crippen molar-refractivity contribution in [2.75, 3.05) is 0 Å².